The highest BCUT2D eigenvalue weighted by atomic mass is 35.5. The average Bonchev–Trinajstić information content (AvgIpc) is 2.75. The first kappa shape index (κ1) is 20.0. The average molecular weight is 428 g/mol. The van der Waals surface area contributed by atoms with Gasteiger partial charge in [0, 0.05) is 18.1 Å². The van der Waals surface area contributed by atoms with Crippen LogP contribution in [0, 0.1) is 0 Å². The molecule has 0 radical (unpaired) electrons. The number of para-hydroxylation sites is 1. The monoisotopic (exact) mass is 427 g/mol. The molecule has 1 saturated heterocycles. The van der Waals surface area contributed by atoms with Gasteiger partial charge < -0.3 is 4.90 Å². The van der Waals surface area contributed by atoms with E-state index in [-0.39, 0.29) is 17.2 Å². The minimum Gasteiger partial charge on any atom is -0.342 e. The van der Waals surface area contributed by atoms with Gasteiger partial charge in [-0.2, -0.15) is 0 Å². The molecule has 1 aliphatic heterocycles. The van der Waals surface area contributed by atoms with Crippen molar-refractivity contribution < 1.29 is 4.79 Å². The van der Waals surface area contributed by atoms with Crippen LogP contribution in [0.2, 0.25) is 5.02 Å². The summed E-state index contributed by atoms with van der Waals surface area (Å²) < 4.78 is 1.64. The van der Waals surface area contributed by atoms with E-state index in [1.807, 2.05) is 41.3 Å². The molecule has 1 aliphatic rings. The van der Waals surface area contributed by atoms with Crippen molar-refractivity contribution in [2.24, 2.45) is 0 Å². The predicted octanol–water partition coefficient (Wildman–Crippen LogP) is 4.20. The van der Waals surface area contributed by atoms with Crippen LogP contribution in [0.1, 0.15) is 24.8 Å². The van der Waals surface area contributed by atoms with E-state index in [0.717, 1.165) is 31.5 Å². The fourth-order valence-corrected chi connectivity index (χ4v) is 4.69. The first-order valence-electron chi connectivity index (χ1n) is 9.76. The second-order valence-electron chi connectivity index (χ2n) is 7.16. The van der Waals surface area contributed by atoms with Gasteiger partial charge in [-0.1, -0.05) is 47.6 Å². The Kier molecular flexibility index (Phi) is 6.21. The molecule has 5 nitrogen and oxygen atoms in total. The summed E-state index contributed by atoms with van der Waals surface area (Å²) >= 11 is 7.44. The lowest BCUT2D eigenvalue weighted by atomic mass is 10.1. The Labute approximate surface area is 178 Å². The molecule has 2 aromatic carbocycles. The zero-order valence-corrected chi connectivity index (χ0v) is 17.6. The van der Waals surface area contributed by atoms with Crippen molar-refractivity contribution in [3.63, 3.8) is 0 Å². The Morgan fingerprint density at radius 3 is 2.66 bits per heavy atom. The van der Waals surface area contributed by atoms with Crippen LogP contribution in [0.4, 0.5) is 0 Å². The van der Waals surface area contributed by atoms with E-state index in [1.54, 1.807) is 16.7 Å². The first-order valence-corrected chi connectivity index (χ1v) is 11.1. The number of thioether (sulfide) groups is 1. The minimum atomic E-state index is -0.108. The molecule has 0 saturated carbocycles. The molecule has 0 bridgehead atoms. The van der Waals surface area contributed by atoms with E-state index >= 15 is 0 Å². The lowest BCUT2D eigenvalue weighted by Gasteiger charge is -2.26. The molecule has 0 unspecified atom stereocenters. The number of carbonyl (C=O) groups excluding carboxylic acids is 1. The third-order valence-electron chi connectivity index (χ3n) is 5.09. The van der Waals surface area contributed by atoms with Gasteiger partial charge in [0.25, 0.3) is 5.56 Å². The third-order valence-corrected chi connectivity index (χ3v) is 6.29. The first-order chi connectivity index (χ1) is 14.1. The summed E-state index contributed by atoms with van der Waals surface area (Å²) in [6.07, 6.45) is 3.30. The van der Waals surface area contributed by atoms with Crippen LogP contribution in [0.25, 0.3) is 10.9 Å². The Morgan fingerprint density at radius 2 is 1.86 bits per heavy atom. The number of carbonyl (C=O) groups is 1. The largest absolute Gasteiger partial charge is 0.342 e. The van der Waals surface area contributed by atoms with E-state index in [9.17, 15) is 9.59 Å². The van der Waals surface area contributed by atoms with Gasteiger partial charge in [0.2, 0.25) is 5.91 Å². The Bertz CT molecular complexity index is 1090. The molecule has 0 atom stereocenters. The van der Waals surface area contributed by atoms with Crippen LogP contribution in [0.15, 0.2) is 58.5 Å². The Balaban J connectivity index is 1.65. The summed E-state index contributed by atoms with van der Waals surface area (Å²) in [6, 6.07) is 14.8. The summed E-state index contributed by atoms with van der Waals surface area (Å²) in [7, 11) is 0. The number of benzene rings is 2. The molecule has 4 rings (SSSR count). The Hall–Kier alpha value is -2.31. The number of nitrogens with zero attached hydrogens (tertiary/aromatic N) is 3. The van der Waals surface area contributed by atoms with E-state index in [4.69, 9.17) is 16.6 Å². The van der Waals surface area contributed by atoms with Crippen LogP contribution in [-0.4, -0.2) is 39.2 Å². The number of hydrogen-bond acceptors (Lipinski definition) is 4. The molecule has 2 heterocycles. The summed E-state index contributed by atoms with van der Waals surface area (Å²) in [5.74, 6) is 0.381. The fraction of sp³-hybridized carbons (Fsp3) is 0.318. The molecular formula is C22H22ClN3O2S. The SMILES string of the molecule is O=C(CSc1nc2ccccc2c(=O)n1Cc1cccc(Cl)c1)N1CCCCC1. The van der Waals surface area contributed by atoms with Gasteiger partial charge in [-0.3, -0.25) is 14.2 Å². The van der Waals surface area contributed by atoms with Gasteiger partial charge in [0.15, 0.2) is 5.16 Å². The number of amides is 1. The number of piperidine rings is 1. The van der Waals surface area contributed by atoms with Crippen LogP contribution < -0.4 is 5.56 Å². The second-order valence-corrected chi connectivity index (χ2v) is 8.54. The van der Waals surface area contributed by atoms with E-state index in [1.165, 1.54) is 18.2 Å². The molecule has 1 aromatic heterocycles. The number of rotatable bonds is 5. The minimum absolute atomic E-state index is 0.103. The van der Waals surface area contributed by atoms with Gasteiger partial charge in [-0.25, -0.2) is 4.98 Å². The van der Waals surface area contributed by atoms with Crippen LogP contribution >= 0.6 is 23.4 Å². The highest BCUT2D eigenvalue weighted by Crippen LogP contribution is 2.21. The van der Waals surface area contributed by atoms with Gasteiger partial charge >= 0.3 is 0 Å². The van der Waals surface area contributed by atoms with Gasteiger partial charge in [-0.05, 0) is 49.1 Å². The van der Waals surface area contributed by atoms with Crippen molar-refractivity contribution in [3.05, 3.63) is 69.5 Å². The maximum atomic E-state index is 13.2. The number of hydrogen-bond donors (Lipinski definition) is 0. The Morgan fingerprint density at radius 1 is 1.07 bits per heavy atom. The van der Waals surface area contributed by atoms with Crippen LogP contribution in [-0.2, 0) is 11.3 Å². The topological polar surface area (TPSA) is 55.2 Å². The third kappa shape index (κ3) is 4.65. The molecule has 3 aromatic rings. The maximum absolute atomic E-state index is 13.2. The zero-order valence-electron chi connectivity index (χ0n) is 16.0. The summed E-state index contributed by atoms with van der Waals surface area (Å²) in [4.78, 5) is 32.4. The molecular weight excluding hydrogens is 406 g/mol. The maximum Gasteiger partial charge on any atom is 0.262 e. The van der Waals surface area contributed by atoms with E-state index in [2.05, 4.69) is 0 Å². The number of likely N-dealkylation sites (tertiary alicyclic amines) is 1. The molecule has 0 spiro atoms. The van der Waals surface area contributed by atoms with Gasteiger partial charge in [0.1, 0.15) is 0 Å². The van der Waals surface area contributed by atoms with Gasteiger partial charge in [-0.15, -0.1) is 0 Å². The summed E-state index contributed by atoms with van der Waals surface area (Å²) in [5, 5.41) is 1.75. The second kappa shape index (κ2) is 9.01. The number of fused-ring (bicyclic) bond motifs is 1. The summed E-state index contributed by atoms with van der Waals surface area (Å²) in [5.41, 5.74) is 1.46. The quantitative estimate of drug-likeness (QED) is 0.452. The molecule has 1 fully saturated rings. The molecule has 7 heteroatoms. The van der Waals surface area contributed by atoms with E-state index < -0.39 is 0 Å². The summed E-state index contributed by atoms with van der Waals surface area (Å²) in [6.45, 7) is 2.00. The van der Waals surface area contributed by atoms with Crippen molar-refractivity contribution >= 4 is 40.2 Å². The van der Waals surface area contributed by atoms with Crippen molar-refractivity contribution in [2.75, 3.05) is 18.8 Å². The molecule has 1 amide bonds. The van der Waals surface area contributed by atoms with Crippen molar-refractivity contribution in [3.8, 4) is 0 Å². The van der Waals surface area contributed by atoms with Gasteiger partial charge in [0.05, 0.1) is 23.2 Å². The zero-order chi connectivity index (χ0) is 20.2. The van der Waals surface area contributed by atoms with E-state index in [0.29, 0.717) is 27.6 Å². The van der Waals surface area contributed by atoms with Crippen LogP contribution in [0.3, 0.4) is 0 Å². The molecule has 150 valence electrons. The smallest absolute Gasteiger partial charge is 0.262 e. The van der Waals surface area contributed by atoms with Crippen molar-refractivity contribution in [1.29, 1.82) is 0 Å². The highest BCUT2D eigenvalue weighted by Gasteiger charge is 2.19. The number of halogens is 1. The predicted molar refractivity (Wildman–Crippen MR) is 118 cm³/mol. The lowest BCUT2D eigenvalue weighted by molar-refractivity contribution is -0.129. The number of aromatic nitrogens is 2. The molecule has 29 heavy (non-hydrogen) atoms. The molecule has 0 aliphatic carbocycles. The van der Waals surface area contributed by atoms with Crippen LogP contribution in [0.5, 0.6) is 0 Å². The van der Waals surface area contributed by atoms with Crippen molar-refractivity contribution in [1.82, 2.24) is 14.5 Å². The molecule has 0 N–H and O–H groups in total. The standard InChI is InChI=1S/C22H22ClN3O2S/c23-17-8-6-7-16(13-17)14-26-21(28)18-9-2-3-10-19(18)24-22(26)29-15-20(27)25-11-4-1-5-12-25/h2-3,6-10,13H,1,4-5,11-12,14-15H2. The van der Waals surface area contributed by atoms with Crippen molar-refractivity contribution in [2.45, 2.75) is 31.0 Å². The highest BCUT2D eigenvalue weighted by molar-refractivity contribution is 7.99. The fourth-order valence-electron chi connectivity index (χ4n) is 3.58. The lowest BCUT2D eigenvalue weighted by Crippen LogP contribution is -2.37. The normalized spacial score (nSPS) is 14.3.